The lowest BCUT2D eigenvalue weighted by atomic mass is 9.49. The topological polar surface area (TPSA) is 96.0 Å². The van der Waals surface area contributed by atoms with Gasteiger partial charge in [-0.25, -0.2) is 0 Å². The van der Waals surface area contributed by atoms with E-state index in [1.807, 2.05) is 0 Å². The van der Waals surface area contributed by atoms with Gasteiger partial charge in [-0.15, -0.1) is 0 Å². The minimum absolute atomic E-state index is 0.00128. The van der Waals surface area contributed by atoms with E-state index in [0.717, 1.165) is 44.8 Å². The first-order chi connectivity index (χ1) is 15.3. The van der Waals surface area contributed by atoms with Crippen molar-refractivity contribution < 1.29 is 31.7 Å². The van der Waals surface area contributed by atoms with Gasteiger partial charge in [0.15, 0.2) is 0 Å². The number of allylic oxidation sites excluding steroid dienone is 1. The quantitative estimate of drug-likeness (QED) is 0.303. The predicted molar refractivity (Wildman–Crippen MR) is 125 cm³/mol. The summed E-state index contributed by atoms with van der Waals surface area (Å²) in [6, 6.07) is 0. The van der Waals surface area contributed by atoms with Gasteiger partial charge in [-0.3, -0.25) is 13.8 Å². The average Bonchev–Trinajstić information content (AvgIpc) is 3.00. The molecule has 0 aromatic carbocycles. The molecule has 3 aliphatic carbocycles. The van der Waals surface area contributed by atoms with Crippen LogP contribution in [0.5, 0.6) is 0 Å². The number of ether oxygens (including phenoxy) is 2. The molecule has 0 aromatic rings. The zero-order chi connectivity index (χ0) is 24.6. The second kappa shape index (κ2) is 9.68. The van der Waals surface area contributed by atoms with Gasteiger partial charge in [0, 0.05) is 19.8 Å². The molecule has 0 saturated heterocycles. The molecule has 0 N–H and O–H groups in total. The van der Waals surface area contributed by atoms with E-state index in [0.29, 0.717) is 12.3 Å². The zero-order valence-corrected chi connectivity index (χ0v) is 21.5. The Bertz CT molecular complexity index is 881. The van der Waals surface area contributed by atoms with E-state index < -0.39 is 10.1 Å². The summed E-state index contributed by atoms with van der Waals surface area (Å²) in [6.45, 7) is 12.1. The van der Waals surface area contributed by atoms with Crippen molar-refractivity contribution in [3.8, 4) is 0 Å². The van der Waals surface area contributed by atoms with E-state index in [1.54, 1.807) is 0 Å². The highest BCUT2D eigenvalue weighted by Gasteiger charge is 2.57. The number of rotatable bonds is 7. The standard InChI is InChI=1S/C25H40O7S/c1-16-7-8-22-21(15-31-33(6,28)29)23(10-12-24(16,22)4)25(5)11-9-20(32-18(3)27)13-19(25)14-30-17(2)26/h19-23H,1,7-15H2,2-6H3/t19-,20+,21?,22?,23?,24-,25+/m1/s1. The van der Waals surface area contributed by atoms with Crippen molar-refractivity contribution in [2.45, 2.75) is 78.7 Å². The number of hydrogen-bond donors (Lipinski definition) is 0. The van der Waals surface area contributed by atoms with Crippen LogP contribution in [0.25, 0.3) is 0 Å². The van der Waals surface area contributed by atoms with Crippen molar-refractivity contribution >= 4 is 22.1 Å². The van der Waals surface area contributed by atoms with Crippen molar-refractivity contribution in [1.29, 1.82) is 0 Å². The maximum absolute atomic E-state index is 11.9. The summed E-state index contributed by atoms with van der Waals surface area (Å²) in [4.78, 5) is 23.2. The Morgan fingerprint density at radius 1 is 1.03 bits per heavy atom. The molecule has 7 atom stereocenters. The van der Waals surface area contributed by atoms with Crippen LogP contribution < -0.4 is 0 Å². The third-order valence-corrected chi connectivity index (χ3v) is 9.58. The third kappa shape index (κ3) is 5.64. The summed E-state index contributed by atoms with van der Waals surface area (Å²) in [6.07, 6.45) is 7.02. The molecule has 0 radical (unpaired) electrons. The molecular weight excluding hydrogens is 444 g/mol. The van der Waals surface area contributed by atoms with Crippen molar-refractivity contribution in [1.82, 2.24) is 0 Å². The molecule has 8 heteroatoms. The molecule has 0 bridgehead atoms. The Morgan fingerprint density at radius 2 is 1.73 bits per heavy atom. The molecule has 3 saturated carbocycles. The van der Waals surface area contributed by atoms with E-state index in [4.69, 9.17) is 13.7 Å². The maximum Gasteiger partial charge on any atom is 0.302 e. The van der Waals surface area contributed by atoms with Crippen molar-refractivity contribution in [2.24, 2.45) is 34.5 Å². The van der Waals surface area contributed by atoms with Crippen molar-refractivity contribution in [3.05, 3.63) is 12.2 Å². The zero-order valence-electron chi connectivity index (χ0n) is 20.7. The Morgan fingerprint density at radius 3 is 2.33 bits per heavy atom. The largest absolute Gasteiger partial charge is 0.466 e. The molecule has 0 spiro atoms. The second-order valence-corrected chi connectivity index (χ2v) is 12.6. The Labute approximate surface area is 198 Å². The first-order valence-corrected chi connectivity index (χ1v) is 13.9. The molecule has 0 aromatic heterocycles. The summed E-state index contributed by atoms with van der Waals surface area (Å²) in [5.74, 6) is -0.0311. The lowest BCUT2D eigenvalue weighted by Crippen LogP contribution is -2.52. The molecular formula is C25H40O7S. The molecule has 3 rings (SSSR count). The second-order valence-electron chi connectivity index (χ2n) is 11.0. The summed E-state index contributed by atoms with van der Waals surface area (Å²) in [5, 5.41) is 0. The summed E-state index contributed by atoms with van der Waals surface area (Å²) in [7, 11) is -3.57. The molecule has 0 heterocycles. The Balaban J connectivity index is 1.93. The van der Waals surface area contributed by atoms with Gasteiger partial charge in [-0.05, 0) is 73.5 Å². The number of carbonyl (C=O) groups excluding carboxylic acids is 2. The third-order valence-electron chi connectivity index (χ3n) is 9.02. The summed E-state index contributed by atoms with van der Waals surface area (Å²) in [5.41, 5.74) is 1.07. The average molecular weight is 485 g/mol. The first kappa shape index (κ1) is 26.2. The lowest BCUT2D eigenvalue weighted by molar-refractivity contribution is -0.161. The molecule has 3 aliphatic rings. The molecule has 0 amide bonds. The fourth-order valence-electron chi connectivity index (χ4n) is 7.13. The van der Waals surface area contributed by atoms with Gasteiger partial charge in [0.1, 0.15) is 6.10 Å². The van der Waals surface area contributed by atoms with Crippen molar-refractivity contribution in [2.75, 3.05) is 19.5 Å². The van der Waals surface area contributed by atoms with Crippen LogP contribution in [-0.4, -0.2) is 45.9 Å². The van der Waals surface area contributed by atoms with Gasteiger partial charge in [-0.2, -0.15) is 8.42 Å². The molecule has 3 fully saturated rings. The van der Waals surface area contributed by atoms with Gasteiger partial charge in [0.2, 0.25) is 0 Å². The van der Waals surface area contributed by atoms with Crippen molar-refractivity contribution in [3.63, 3.8) is 0 Å². The number of esters is 2. The number of fused-ring (bicyclic) bond motifs is 1. The van der Waals surface area contributed by atoms with Crippen LogP contribution in [-0.2, 0) is 33.4 Å². The predicted octanol–water partition coefficient (Wildman–Crippen LogP) is 4.26. The van der Waals surface area contributed by atoms with E-state index in [-0.39, 0.29) is 59.8 Å². The summed E-state index contributed by atoms with van der Waals surface area (Å²) < 4.78 is 40.3. The van der Waals surface area contributed by atoms with Gasteiger partial charge >= 0.3 is 11.9 Å². The van der Waals surface area contributed by atoms with Crippen LogP contribution in [0.2, 0.25) is 0 Å². The molecule has 7 nitrogen and oxygen atoms in total. The smallest absolute Gasteiger partial charge is 0.302 e. The van der Waals surface area contributed by atoms with Crippen LogP contribution in [0.1, 0.15) is 72.6 Å². The van der Waals surface area contributed by atoms with Crippen LogP contribution >= 0.6 is 0 Å². The fourth-order valence-corrected chi connectivity index (χ4v) is 7.54. The highest BCUT2D eigenvalue weighted by atomic mass is 32.2. The lowest BCUT2D eigenvalue weighted by Gasteiger charge is -2.56. The van der Waals surface area contributed by atoms with E-state index in [1.165, 1.54) is 19.4 Å². The SMILES string of the molecule is C=C1CCC2C(COS(C)(=O)=O)C([C@@]3(C)CC[C@H](OC(C)=O)C[C@@H]3COC(C)=O)CC[C@]12C. The van der Waals surface area contributed by atoms with Crippen LogP contribution in [0.15, 0.2) is 12.2 Å². The highest BCUT2D eigenvalue weighted by molar-refractivity contribution is 7.85. The molecule has 188 valence electrons. The minimum atomic E-state index is -3.57. The van der Waals surface area contributed by atoms with Gasteiger partial charge in [-0.1, -0.05) is 26.0 Å². The van der Waals surface area contributed by atoms with Gasteiger partial charge < -0.3 is 9.47 Å². The molecule has 3 unspecified atom stereocenters. The van der Waals surface area contributed by atoms with E-state index in [2.05, 4.69) is 20.4 Å². The normalized spacial score (nSPS) is 39.1. The summed E-state index contributed by atoms with van der Waals surface area (Å²) >= 11 is 0. The highest BCUT2D eigenvalue weighted by Crippen LogP contribution is 2.63. The van der Waals surface area contributed by atoms with Crippen LogP contribution in [0.3, 0.4) is 0 Å². The van der Waals surface area contributed by atoms with Gasteiger partial charge in [0.05, 0.1) is 19.5 Å². The van der Waals surface area contributed by atoms with Gasteiger partial charge in [0.25, 0.3) is 10.1 Å². The maximum atomic E-state index is 11.9. The van der Waals surface area contributed by atoms with E-state index in [9.17, 15) is 18.0 Å². The monoisotopic (exact) mass is 484 g/mol. The first-order valence-electron chi connectivity index (χ1n) is 12.1. The Hall–Kier alpha value is -1.41. The number of hydrogen-bond acceptors (Lipinski definition) is 7. The Kier molecular flexibility index (Phi) is 7.69. The fraction of sp³-hybridized carbons (Fsp3) is 0.840. The van der Waals surface area contributed by atoms with Crippen LogP contribution in [0, 0.1) is 34.5 Å². The molecule has 0 aliphatic heterocycles. The molecule has 33 heavy (non-hydrogen) atoms. The van der Waals surface area contributed by atoms with E-state index >= 15 is 0 Å². The minimum Gasteiger partial charge on any atom is -0.466 e. The number of carbonyl (C=O) groups is 2. The van der Waals surface area contributed by atoms with Crippen LogP contribution in [0.4, 0.5) is 0 Å².